The second-order valence-electron chi connectivity index (χ2n) is 8.17. The third kappa shape index (κ3) is 4.73. The van der Waals surface area contributed by atoms with Crippen molar-refractivity contribution in [3.05, 3.63) is 66.7 Å². The summed E-state index contributed by atoms with van der Waals surface area (Å²) >= 11 is 0. The van der Waals surface area contributed by atoms with Gasteiger partial charge in [-0.05, 0) is 40.3 Å². The van der Waals surface area contributed by atoms with Crippen LogP contribution >= 0.6 is 0 Å². The topological polar surface area (TPSA) is 111 Å². The quantitative estimate of drug-likeness (QED) is 0.405. The normalized spacial score (nSPS) is 14.8. The molecule has 1 aliphatic heterocycles. The van der Waals surface area contributed by atoms with Crippen molar-refractivity contribution in [1.29, 1.82) is 0 Å². The molecule has 3 aromatic carbocycles. The van der Waals surface area contributed by atoms with Gasteiger partial charge in [0, 0.05) is 31.7 Å². The fourth-order valence-corrected chi connectivity index (χ4v) is 5.52. The molecule has 0 unspecified atom stereocenters. The Hall–Kier alpha value is -3.83. The molecule has 1 fully saturated rings. The summed E-state index contributed by atoms with van der Waals surface area (Å²) in [7, 11) is -2.07. The van der Waals surface area contributed by atoms with Gasteiger partial charge in [0.15, 0.2) is 0 Å². The number of benzene rings is 3. The molecule has 10 nitrogen and oxygen atoms in total. The van der Waals surface area contributed by atoms with E-state index in [0.29, 0.717) is 24.7 Å². The van der Waals surface area contributed by atoms with E-state index < -0.39 is 10.0 Å². The van der Waals surface area contributed by atoms with Crippen molar-refractivity contribution in [2.24, 2.45) is 0 Å². The Bertz CT molecular complexity index is 1480. The Morgan fingerprint density at radius 1 is 0.943 bits per heavy atom. The minimum Gasteiger partial charge on any atom is -0.497 e. The number of aromatic nitrogens is 4. The van der Waals surface area contributed by atoms with E-state index in [-0.39, 0.29) is 30.4 Å². The van der Waals surface area contributed by atoms with Gasteiger partial charge in [0.25, 0.3) is 0 Å². The molecule has 0 atom stereocenters. The highest BCUT2D eigenvalue weighted by Gasteiger charge is 2.30. The molecular weight excluding hydrogens is 468 g/mol. The third-order valence-corrected chi connectivity index (χ3v) is 7.90. The van der Waals surface area contributed by atoms with Gasteiger partial charge in [-0.3, -0.25) is 4.79 Å². The third-order valence-electron chi connectivity index (χ3n) is 6.01. The van der Waals surface area contributed by atoms with Gasteiger partial charge in [0.2, 0.25) is 21.8 Å². The Morgan fingerprint density at radius 2 is 1.71 bits per heavy atom. The van der Waals surface area contributed by atoms with Gasteiger partial charge in [0.05, 0.1) is 12.0 Å². The minimum absolute atomic E-state index is 0.0750. The van der Waals surface area contributed by atoms with E-state index in [4.69, 9.17) is 4.74 Å². The molecule has 4 aromatic rings. The number of carbonyl (C=O) groups is 1. The monoisotopic (exact) mass is 492 g/mol. The van der Waals surface area contributed by atoms with Crippen molar-refractivity contribution < 1.29 is 17.9 Å². The number of hydrogen-bond acceptors (Lipinski definition) is 7. The smallest absolute Gasteiger partial charge is 0.246 e. The van der Waals surface area contributed by atoms with E-state index in [9.17, 15) is 13.2 Å². The average Bonchev–Trinajstić information content (AvgIpc) is 3.37. The van der Waals surface area contributed by atoms with Crippen LogP contribution in [0.5, 0.6) is 5.75 Å². The molecule has 0 spiro atoms. The lowest BCUT2D eigenvalue weighted by molar-refractivity contribution is -0.133. The number of carbonyl (C=O) groups excluding carboxylic acids is 1. The molecule has 0 radical (unpaired) electrons. The molecule has 5 rings (SSSR count). The van der Waals surface area contributed by atoms with Gasteiger partial charge < -0.3 is 9.64 Å². The van der Waals surface area contributed by atoms with E-state index >= 15 is 0 Å². The van der Waals surface area contributed by atoms with Crippen LogP contribution in [0.4, 0.5) is 0 Å². The number of tetrazole rings is 1. The van der Waals surface area contributed by atoms with Crippen LogP contribution in [0.1, 0.15) is 0 Å². The van der Waals surface area contributed by atoms with Crippen molar-refractivity contribution in [3.63, 3.8) is 0 Å². The zero-order valence-electron chi connectivity index (χ0n) is 19.1. The predicted octanol–water partition coefficient (Wildman–Crippen LogP) is 2.03. The standard InChI is InChI=1S/C24H24N6O4S/c1-34-21-8-4-7-20(15-21)24-25-27-30(26-24)17-23(31)28-11-13-29(14-12-28)35(32,33)22-10-9-18-5-2-3-6-19(18)16-22/h2-10,15-16H,11-14,17H2,1H3. The number of methoxy groups -OCH3 is 1. The van der Waals surface area contributed by atoms with Crippen LogP contribution in [0.15, 0.2) is 71.6 Å². The first-order valence-corrected chi connectivity index (χ1v) is 12.6. The molecule has 11 heteroatoms. The van der Waals surface area contributed by atoms with Gasteiger partial charge in [-0.15, -0.1) is 10.2 Å². The number of sulfonamides is 1. The van der Waals surface area contributed by atoms with Gasteiger partial charge in [0.1, 0.15) is 12.3 Å². The molecule has 0 N–H and O–H groups in total. The molecule has 1 aliphatic rings. The maximum atomic E-state index is 13.2. The summed E-state index contributed by atoms with van der Waals surface area (Å²) in [5.74, 6) is 0.872. The van der Waals surface area contributed by atoms with Crippen LogP contribution in [0.25, 0.3) is 22.2 Å². The maximum absolute atomic E-state index is 13.2. The second-order valence-corrected chi connectivity index (χ2v) is 10.1. The molecule has 0 aliphatic carbocycles. The number of hydrogen-bond donors (Lipinski definition) is 0. The van der Waals surface area contributed by atoms with Crippen molar-refractivity contribution in [3.8, 4) is 17.1 Å². The molecule has 35 heavy (non-hydrogen) atoms. The molecular formula is C24H24N6O4S. The molecule has 1 aromatic heterocycles. The van der Waals surface area contributed by atoms with Gasteiger partial charge in [-0.25, -0.2) is 8.42 Å². The lowest BCUT2D eigenvalue weighted by Gasteiger charge is -2.33. The van der Waals surface area contributed by atoms with E-state index in [1.165, 1.54) is 9.10 Å². The number of piperazine rings is 1. The van der Waals surface area contributed by atoms with E-state index in [2.05, 4.69) is 15.4 Å². The fourth-order valence-electron chi connectivity index (χ4n) is 4.06. The predicted molar refractivity (Wildman–Crippen MR) is 129 cm³/mol. The highest BCUT2D eigenvalue weighted by atomic mass is 32.2. The molecule has 2 heterocycles. The van der Waals surface area contributed by atoms with Crippen molar-refractivity contribution in [2.75, 3.05) is 33.3 Å². The van der Waals surface area contributed by atoms with Crippen molar-refractivity contribution in [1.82, 2.24) is 29.4 Å². The number of fused-ring (bicyclic) bond motifs is 1. The Balaban J connectivity index is 1.21. The van der Waals surface area contributed by atoms with E-state index in [1.54, 1.807) is 30.2 Å². The molecule has 180 valence electrons. The largest absolute Gasteiger partial charge is 0.497 e. The highest BCUT2D eigenvalue weighted by Crippen LogP contribution is 2.23. The van der Waals surface area contributed by atoms with E-state index in [1.807, 2.05) is 48.5 Å². The number of ether oxygens (including phenoxy) is 1. The lowest BCUT2D eigenvalue weighted by atomic mass is 10.1. The zero-order valence-corrected chi connectivity index (χ0v) is 19.9. The fraction of sp³-hybridized carbons (Fsp3) is 0.250. The Kier molecular flexibility index (Phi) is 6.18. The molecule has 1 saturated heterocycles. The summed E-state index contributed by atoms with van der Waals surface area (Å²) in [6.07, 6.45) is 0. The number of nitrogens with zero attached hydrogens (tertiary/aromatic N) is 6. The summed E-state index contributed by atoms with van der Waals surface area (Å²) in [4.78, 5) is 15.9. The maximum Gasteiger partial charge on any atom is 0.246 e. The second kappa shape index (κ2) is 9.43. The van der Waals surface area contributed by atoms with Crippen LogP contribution in [0.2, 0.25) is 0 Å². The zero-order chi connectivity index (χ0) is 24.4. The Morgan fingerprint density at radius 3 is 2.49 bits per heavy atom. The minimum atomic E-state index is -3.65. The van der Waals surface area contributed by atoms with Gasteiger partial charge in [-0.1, -0.05) is 42.5 Å². The van der Waals surface area contributed by atoms with E-state index in [0.717, 1.165) is 16.3 Å². The van der Waals surface area contributed by atoms with Crippen molar-refractivity contribution >= 4 is 26.7 Å². The van der Waals surface area contributed by atoms with Crippen LogP contribution in [-0.4, -0.2) is 77.0 Å². The molecule has 0 saturated carbocycles. The summed E-state index contributed by atoms with van der Waals surface area (Å²) in [5.41, 5.74) is 0.732. The summed E-state index contributed by atoms with van der Waals surface area (Å²) < 4.78 is 33.0. The van der Waals surface area contributed by atoms with Crippen LogP contribution in [0, 0.1) is 0 Å². The summed E-state index contributed by atoms with van der Waals surface area (Å²) in [5, 5.41) is 14.2. The summed E-state index contributed by atoms with van der Waals surface area (Å²) in [6, 6.07) is 20.0. The van der Waals surface area contributed by atoms with Crippen molar-refractivity contribution in [2.45, 2.75) is 11.4 Å². The average molecular weight is 493 g/mol. The first-order chi connectivity index (χ1) is 16.9. The first kappa shape index (κ1) is 22.9. The molecule has 1 amide bonds. The van der Waals surface area contributed by atoms with Gasteiger partial charge in [-0.2, -0.15) is 9.10 Å². The molecule has 0 bridgehead atoms. The van der Waals surface area contributed by atoms with Gasteiger partial charge >= 0.3 is 0 Å². The van der Waals surface area contributed by atoms with Crippen LogP contribution < -0.4 is 4.74 Å². The van der Waals surface area contributed by atoms with Crippen LogP contribution in [0.3, 0.4) is 0 Å². The highest BCUT2D eigenvalue weighted by molar-refractivity contribution is 7.89. The SMILES string of the molecule is COc1cccc(-c2nnn(CC(=O)N3CCN(S(=O)(=O)c4ccc5ccccc5c4)CC3)n2)c1. The number of rotatable bonds is 6. The lowest BCUT2D eigenvalue weighted by Crippen LogP contribution is -2.51. The Labute approximate surface area is 202 Å². The first-order valence-electron chi connectivity index (χ1n) is 11.1. The summed E-state index contributed by atoms with van der Waals surface area (Å²) in [6.45, 7) is 0.960. The van der Waals surface area contributed by atoms with Crippen LogP contribution in [-0.2, 0) is 21.4 Å². The number of amides is 1.